The number of aliphatic hydroxyl groups excluding tert-OH is 1. The van der Waals surface area contributed by atoms with Crippen molar-refractivity contribution < 1.29 is 14.2 Å². The first-order chi connectivity index (χ1) is 9.63. The number of fused-ring (bicyclic) bond motifs is 1. The molecule has 1 atom stereocenters. The summed E-state index contributed by atoms with van der Waals surface area (Å²) in [6.45, 7) is 2.63. The molecule has 104 valence electrons. The second-order valence-electron chi connectivity index (χ2n) is 5.26. The molecule has 0 fully saturated rings. The molecule has 1 heterocycles. The van der Waals surface area contributed by atoms with E-state index in [0.29, 0.717) is 13.0 Å². The number of aryl methyl sites for hydroxylation is 1. The number of halogens is 1. The SMILES string of the molecule is Cc1ccc(F)cc1CC(O)c1ccc2c(c1)CCO2. The standard InChI is InChI=1S/C17H17FO2/c1-11-2-4-15(18)9-14(11)10-16(19)12-3-5-17-13(8-12)6-7-20-17/h2-5,8-9,16,19H,6-7,10H2,1H3. The van der Waals surface area contributed by atoms with Gasteiger partial charge < -0.3 is 9.84 Å². The van der Waals surface area contributed by atoms with Crippen molar-refractivity contribution in [3.63, 3.8) is 0 Å². The summed E-state index contributed by atoms with van der Waals surface area (Å²) in [5.74, 6) is 0.642. The van der Waals surface area contributed by atoms with Crippen LogP contribution in [0.4, 0.5) is 4.39 Å². The Labute approximate surface area is 117 Å². The molecule has 3 heteroatoms. The molecule has 0 radical (unpaired) electrons. The highest BCUT2D eigenvalue weighted by Gasteiger charge is 2.16. The van der Waals surface area contributed by atoms with E-state index in [9.17, 15) is 9.50 Å². The summed E-state index contributed by atoms with van der Waals surface area (Å²) in [4.78, 5) is 0. The van der Waals surface area contributed by atoms with Crippen LogP contribution in [-0.4, -0.2) is 11.7 Å². The number of benzene rings is 2. The van der Waals surface area contributed by atoms with Crippen LogP contribution in [0.1, 0.15) is 28.4 Å². The molecule has 20 heavy (non-hydrogen) atoms. The number of hydrogen-bond donors (Lipinski definition) is 1. The van der Waals surface area contributed by atoms with Crippen molar-refractivity contribution in [1.29, 1.82) is 0 Å². The number of rotatable bonds is 3. The van der Waals surface area contributed by atoms with E-state index >= 15 is 0 Å². The number of aliphatic hydroxyl groups is 1. The zero-order chi connectivity index (χ0) is 14.1. The van der Waals surface area contributed by atoms with E-state index in [4.69, 9.17) is 4.74 Å². The van der Waals surface area contributed by atoms with Crippen LogP contribution in [0, 0.1) is 12.7 Å². The maximum Gasteiger partial charge on any atom is 0.123 e. The van der Waals surface area contributed by atoms with Crippen molar-refractivity contribution in [1.82, 2.24) is 0 Å². The van der Waals surface area contributed by atoms with Crippen LogP contribution in [0.5, 0.6) is 5.75 Å². The minimum absolute atomic E-state index is 0.264. The van der Waals surface area contributed by atoms with Crippen LogP contribution in [0.3, 0.4) is 0 Å². The molecule has 1 aliphatic rings. The van der Waals surface area contributed by atoms with Gasteiger partial charge in [-0.1, -0.05) is 12.1 Å². The van der Waals surface area contributed by atoms with Gasteiger partial charge in [0.15, 0.2) is 0 Å². The Bertz CT molecular complexity index is 637. The average Bonchev–Trinajstić information content (AvgIpc) is 2.90. The predicted octanol–water partition coefficient (Wildman–Crippen LogP) is 3.35. The first-order valence-corrected chi connectivity index (χ1v) is 6.82. The van der Waals surface area contributed by atoms with Gasteiger partial charge in [-0.15, -0.1) is 0 Å². The molecule has 0 amide bonds. The Morgan fingerprint density at radius 1 is 1.25 bits per heavy atom. The first-order valence-electron chi connectivity index (χ1n) is 6.82. The molecule has 0 aliphatic carbocycles. The smallest absolute Gasteiger partial charge is 0.123 e. The zero-order valence-electron chi connectivity index (χ0n) is 11.4. The largest absolute Gasteiger partial charge is 0.493 e. The summed E-state index contributed by atoms with van der Waals surface area (Å²) in [6.07, 6.45) is 0.680. The summed E-state index contributed by atoms with van der Waals surface area (Å²) in [5.41, 5.74) is 3.83. The maximum atomic E-state index is 13.3. The van der Waals surface area contributed by atoms with E-state index in [2.05, 4.69) is 0 Å². The minimum atomic E-state index is -0.624. The molecule has 2 aromatic carbocycles. The zero-order valence-corrected chi connectivity index (χ0v) is 11.4. The molecule has 2 aromatic rings. The normalized spacial score (nSPS) is 14.8. The van der Waals surface area contributed by atoms with Gasteiger partial charge in [0.1, 0.15) is 11.6 Å². The average molecular weight is 272 g/mol. The lowest BCUT2D eigenvalue weighted by atomic mass is 9.96. The first kappa shape index (κ1) is 13.1. The molecule has 1 unspecified atom stereocenters. The lowest BCUT2D eigenvalue weighted by Crippen LogP contribution is -2.04. The van der Waals surface area contributed by atoms with Crippen LogP contribution in [-0.2, 0) is 12.8 Å². The fourth-order valence-corrected chi connectivity index (χ4v) is 2.60. The van der Waals surface area contributed by atoms with Gasteiger partial charge in [-0.25, -0.2) is 4.39 Å². The second kappa shape index (κ2) is 5.25. The molecule has 2 nitrogen and oxygen atoms in total. The van der Waals surface area contributed by atoms with Crippen molar-refractivity contribution in [2.75, 3.05) is 6.61 Å². The minimum Gasteiger partial charge on any atom is -0.493 e. The molecule has 0 aromatic heterocycles. The molecule has 1 aliphatic heterocycles. The summed E-state index contributed by atoms with van der Waals surface area (Å²) < 4.78 is 18.7. The monoisotopic (exact) mass is 272 g/mol. The molecular weight excluding hydrogens is 255 g/mol. The topological polar surface area (TPSA) is 29.5 Å². The number of hydrogen-bond acceptors (Lipinski definition) is 2. The lowest BCUT2D eigenvalue weighted by Gasteiger charge is -2.14. The molecule has 0 bridgehead atoms. The summed E-state index contributed by atoms with van der Waals surface area (Å²) in [6, 6.07) is 10.4. The van der Waals surface area contributed by atoms with Crippen molar-refractivity contribution in [2.24, 2.45) is 0 Å². The second-order valence-corrected chi connectivity index (χ2v) is 5.26. The van der Waals surface area contributed by atoms with E-state index in [1.807, 2.05) is 25.1 Å². The van der Waals surface area contributed by atoms with Gasteiger partial charge >= 0.3 is 0 Å². The summed E-state index contributed by atoms with van der Waals surface area (Å²) in [7, 11) is 0. The maximum absolute atomic E-state index is 13.3. The highest BCUT2D eigenvalue weighted by atomic mass is 19.1. The van der Waals surface area contributed by atoms with Crippen molar-refractivity contribution in [2.45, 2.75) is 25.9 Å². The fraction of sp³-hybridized carbons (Fsp3) is 0.294. The van der Waals surface area contributed by atoms with Gasteiger partial charge in [-0.3, -0.25) is 0 Å². The van der Waals surface area contributed by atoms with E-state index in [1.165, 1.54) is 12.1 Å². The quantitative estimate of drug-likeness (QED) is 0.928. The van der Waals surface area contributed by atoms with Crippen molar-refractivity contribution >= 4 is 0 Å². The van der Waals surface area contributed by atoms with Gasteiger partial charge in [0.2, 0.25) is 0 Å². The lowest BCUT2D eigenvalue weighted by molar-refractivity contribution is 0.178. The van der Waals surface area contributed by atoms with Crippen LogP contribution in [0.15, 0.2) is 36.4 Å². The van der Waals surface area contributed by atoms with Crippen molar-refractivity contribution in [3.8, 4) is 5.75 Å². The molecule has 0 spiro atoms. The molecule has 1 N–H and O–H groups in total. The molecule has 0 saturated heterocycles. The third kappa shape index (κ3) is 2.54. The third-order valence-electron chi connectivity index (χ3n) is 3.82. The van der Waals surface area contributed by atoms with Gasteiger partial charge in [0.05, 0.1) is 12.7 Å². The highest BCUT2D eigenvalue weighted by molar-refractivity contribution is 5.41. The van der Waals surface area contributed by atoms with Gasteiger partial charge in [-0.05, 0) is 53.4 Å². The Hall–Kier alpha value is -1.87. The van der Waals surface area contributed by atoms with Crippen molar-refractivity contribution in [3.05, 3.63) is 64.5 Å². The van der Waals surface area contributed by atoms with Crippen LogP contribution in [0.25, 0.3) is 0 Å². The van der Waals surface area contributed by atoms with E-state index in [0.717, 1.165) is 34.4 Å². The predicted molar refractivity (Wildman–Crippen MR) is 75.4 cm³/mol. The van der Waals surface area contributed by atoms with Crippen LogP contribution in [0.2, 0.25) is 0 Å². The molecule has 3 rings (SSSR count). The Morgan fingerprint density at radius 3 is 2.95 bits per heavy atom. The van der Waals surface area contributed by atoms with Gasteiger partial charge in [0, 0.05) is 12.8 Å². The highest BCUT2D eigenvalue weighted by Crippen LogP contribution is 2.29. The summed E-state index contributed by atoms with van der Waals surface area (Å²) in [5, 5.41) is 10.4. The van der Waals surface area contributed by atoms with E-state index < -0.39 is 6.10 Å². The van der Waals surface area contributed by atoms with Gasteiger partial charge in [-0.2, -0.15) is 0 Å². The Kier molecular flexibility index (Phi) is 3.45. The molecule has 0 saturated carbocycles. The van der Waals surface area contributed by atoms with Crippen LogP contribution >= 0.6 is 0 Å². The van der Waals surface area contributed by atoms with Crippen LogP contribution < -0.4 is 4.74 Å². The molecular formula is C17H17FO2. The van der Waals surface area contributed by atoms with Gasteiger partial charge in [0.25, 0.3) is 0 Å². The summed E-state index contributed by atoms with van der Waals surface area (Å²) >= 11 is 0. The Morgan fingerprint density at radius 2 is 2.10 bits per heavy atom. The Balaban J connectivity index is 1.82. The van der Waals surface area contributed by atoms with E-state index in [1.54, 1.807) is 6.07 Å². The van der Waals surface area contributed by atoms with E-state index in [-0.39, 0.29) is 5.82 Å². The fourth-order valence-electron chi connectivity index (χ4n) is 2.60. The number of ether oxygens (including phenoxy) is 1. The third-order valence-corrected chi connectivity index (χ3v) is 3.82.